The quantitative estimate of drug-likeness (QED) is 0.566. The van der Waals surface area contributed by atoms with Crippen LogP contribution in [0.2, 0.25) is 5.02 Å². The van der Waals surface area contributed by atoms with Crippen LogP contribution < -0.4 is 9.64 Å². The standard InChI is InChI=1S/C22H18ClNO3/c1-22-14-3-2-13(12-14)19(22)20(25)24(21(22)26)16-6-10-18(11-7-16)27-17-8-4-15(23)5-9-17/h2-11,13-14,19H,12H2,1H3. The Hall–Kier alpha value is -2.59. The lowest BCUT2D eigenvalue weighted by molar-refractivity contribution is -0.127. The number of ether oxygens (including phenoxy) is 1. The Morgan fingerprint density at radius 1 is 1.00 bits per heavy atom. The maximum Gasteiger partial charge on any atom is 0.241 e. The first kappa shape index (κ1) is 16.6. The second-order valence-corrected chi connectivity index (χ2v) is 8.12. The van der Waals surface area contributed by atoms with Gasteiger partial charge in [0, 0.05) is 5.02 Å². The lowest BCUT2D eigenvalue weighted by Gasteiger charge is -2.28. The van der Waals surface area contributed by atoms with E-state index in [0.29, 0.717) is 22.2 Å². The molecule has 4 atom stereocenters. The maximum absolute atomic E-state index is 13.1. The number of hydrogen-bond donors (Lipinski definition) is 0. The van der Waals surface area contributed by atoms with Gasteiger partial charge in [-0.25, -0.2) is 4.90 Å². The third-order valence-corrected chi connectivity index (χ3v) is 6.51. The number of nitrogens with zero attached hydrogens (tertiary/aromatic N) is 1. The van der Waals surface area contributed by atoms with Crippen molar-refractivity contribution in [3.63, 3.8) is 0 Å². The summed E-state index contributed by atoms with van der Waals surface area (Å²) in [7, 11) is 0. The van der Waals surface area contributed by atoms with E-state index in [2.05, 4.69) is 12.2 Å². The molecule has 0 aromatic heterocycles. The van der Waals surface area contributed by atoms with Crippen LogP contribution in [0.1, 0.15) is 13.3 Å². The Bertz CT molecular complexity index is 966. The molecule has 4 nitrogen and oxygen atoms in total. The highest BCUT2D eigenvalue weighted by molar-refractivity contribution is 6.30. The molecule has 1 saturated heterocycles. The molecule has 1 heterocycles. The molecule has 0 radical (unpaired) electrons. The number of benzene rings is 2. The highest BCUT2D eigenvalue weighted by Crippen LogP contribution is 2.60. The molecule has 1 saturated carbocycles. The van der Waals surface area contributed by atoms with E-state index in [9.17, 15) is 9.59 Å². The molecule has 2 fully saturated rings. The zero-order chi connectivity index (χ0) is 18.8. The van der Waals surface area contributed by atoms with Gasteiger partial charge < -0.3 is 4.74 Å². The fourth-order valence-corrected chi connectivity index (χ4v) is 4.98. The van der Waals surface area contributed by atoms with Gasteiger partial charge in [-0.15, -0.1) is 0 Å². The molecule has 2 bridgehead atoms. The fraction of sp³-hybridized carbons (Fsp3) is 0.273. The molecule has 136 valence electrons. The number of anilines is 1. The van der Waals surface area contributed by atoms with Gasteiger partial charge >= 0.3 is 0 Å². The molecular formula is C22H18ClNO3. The summed E-state index contributed by atoms with van der Waals surface area (Å²) in [6.07, 6.45) is 5.13. The largest absolute Gasteiger partial charge is 0.457 e. The van der Waals surface area contributed by atoms with Crippen molar-refractivity contribution in [3.8, 4) is 11.5 Å². The van der Waals surface area contributed by atoms with E-state index in [-0.39, 0.29) is 29.6 Å². The average Bonchev–Trinajstić information content (AvgIpc) is 3.30. The monoisotopic (exact) mass is 379 g/mol. The maximum atomic E-state index is 13.1. The van der Waals surface area contributed by atoms with E-state index < -0.39 is 5.41 Å². The third kappa shape index (κ3) is 2.29. The van der Waals surface area contributed by atoms with Gasteiger partial charge in [-0.2, -0.15) is 0 Å². The third-order valence-electron chi connectivity index (χ3n) is 6.26. The van der Waals surface area contributed by atoms with Crippen LogP contribution >= 0.6 is 11.6 Å². The van der Waals surface area contributed by atoms with Crippen molar-refractivity contribution in [1.29, 1.82) is 0 Å². The van der Waals surface area contributed by atoms with Crippen molar-refractivity contribution in [1.82, 2.24) is 0 Å². The number of rotatable bonds is 3. The Kier molecular flexibility index (Phi) is 3.50. The molecule has 1 aliphatic heterocycles. The van der Waals surface area contributed by atoms with Crippen LogP contribution in [0, 0.1) is 23.2 Å². The van der Waals surface area contributed by atoms with Gasteiger partial charge in [0.15, 0.2) is 0 Å². The summed E-state index contributed by atoms with van der Waals surface area (Å²) in [6.45, 7) is 1.95. The van der Waals surface area contributed by atoms with Crippen LogP contribution in [0.4, 0.5) is 5.69 Å². The van der Waals surface area contributed by atoms with Crippen molar-refractivity contribution in [2.45, 2.75) is 13.3 Å². The number of amides is 2. The molecule has 2 amide bonds. The second-order valence-electron chi connectivity index (χ2n) is 7.68. The highest BCUT2D eigenvalue weighted by Gasteiger charge is 2.67. The van der Waals surface area contributed by atoms with Crippen molar-refractivity contribution in [2.75, 3.05) is 4.90 Å². The first-order chi connectivity index (χ1) is 13.0. The number of hydrogen-bond acceptors (Lipinski definition) is 3. The molecule has 2 aromatic rings. The number of allylic oxidation sites excluding steroid dienone is 2. The van der Waals surface area contributed by atoms with Crippen LogP contribution in [-0.2, 0) is 9.59 Å². The average molecular weight is 380 g/mol. The van der Waals surface area contributed by atoms with E-state index in [1.54, 1.807) is 48.5 Å². The summed E-state index contributed by atoms with van der Waals surface area (Å²) >= 11 is 5.88. The van der Waals surface area contributed by atoms with Crippen LogP contribution in [-0.4, -0.2) is 11.8 Å². The molecule has 4 unspecified atom stereocenters. The molecule has 3 aliphatic rings. The number of imide groups is 1. The van der Waals surface area contributed by atoms with E-state index in [4.69, 9.17) is 16.3 Å². The predicted molar refractivity (Wildman–Crippen MR) is 103 cm³/mol. The summed E-state index contributed by atoms with van der Waals surface area (Å²) in [4.78, 5) is 27.5. The van der Waals surface area contributed by atoms with Gasteiger partial charge in [-0.1, -0.05) is 23.8 Å². The summed E-state index contributed by atoms with van der Waals surface area (Å²) in [5.74, 6) is 1.27. The summed E-state index contributed by atoms with van der Waals surface area (Å²) in [5.41, 5.74) is -0.00176. The molecule has 27 heavy (non-hydrogen) atoms. The minimum atomic E-state index is -0.602. The first-order valence-electron chi connectivity index (χ1n) is 9.08. The Balaban J connectivity index is 1.40. The summed E-state index contributed by atoms with van der Waals surface area (Å²) in [5, 5.41) is 0.645. The van der Waals surface area contributed by atoms with Gasteiger partial charge in [-0.3, -0.25) is 9.59 Å². The minimum absolute atomic E-state index is 0.0780. The second kappa shape index (κ2) is 5.70. The van der Waals surface area contributed by atoms with Gasteiger partial charge in [0.05, 0.1) is 17.0 Å². The van der Waals surface area contributed by atoms with Crippen LogP contribution in [0.3, 0.4) is 0 Å². The lowest BCUT2D eigenvalue weighted by atomic mass is 9.71. The molecule has 5 heteroatoms. The Morgan fingerprint density at radius 3 is 2.26 bits per heavy atom. The first-order valence-corrected chi connectivity index (χ1v) is 9.46. The van der Waals surface area contributed by atoms with Crippen molar-refractivity contribution in [3.05, 3.63) is 65.7 Å². The van der Waals surface area contributed by atoms with Gasteiger partial charge in [0.25, 0.3) is 0 Å². The Labute approximate surface area is 162 Å². The van der Waals surface area contributed by atoms with Crippen molar-refractivity contribution in [2.24, 2.45) is 23.2 Å². The Morgan fingerprint density at radius 2 is 1.63 bits per heavy atom. The number of carbonyl (C=O) groups is 2. The van der Waals surface area contributed by atoms with Crippen LogP contribution in [0.15, 0.2) is 60.7 Å². The smallest absolute Gasteiger partial charge is 0.241 e. The predicted octanol–water partition coefficient (Wildman–Crippen LogP) is 4.83. The molecule has 2 aromatic carbocycles. The SMILES string of the molecule is CC12C(=O)N(c3ccc(Oc4ccc(Cl)cc4)cc3)C(=O)C1C1C=CC2C1. The van der Waals surface area contributed by atoms with Crippen LogP contribution in [0.25, 0.3) is 0 Å². The van der Waals surface area contributed by atoms with Gasteiger partial charge in [0.1, 0.15) is 11.5 Å². The summed E-state index contributed by atoms with van der Waals surface area (Å²) in [6, 6.07) is 14.2. The number of halogens is 1. The summed E-state index contributed by atoms with van der Waals surface area (Å²) < 4.78 is 5.79. The highest BCUT2D eigenvalue weighted by atomic mass is 35.5. The van der Waals surface area contributed by atoms with Crippen LogP contribution in [0.5, 0.6) is 11.5 Å². The van der Waals surface area contributed by atoms with Crippen molar-refractivity contribution >= 4 is 29.1 Å². The van der Waals surface area contributed by atoms with Gasteiger partial charge in [0.2, 0.25) is 11.8 Å². The number of fused-ring (bicyclic) bond motifs is 5. The molecule has 2 aliphatic carbocycles. The minimum Gasteiger partial charge on any atom is -0.457 e. The van der Waals surface area contributed by atoms with Gasteiger partial charge in [-0.05, 0) is 73.7 Å². The normalized spacial score (nSPS) is 30.9. The van der Waals surface area contributed by atoms with E-state index in [1.807, 2.05) is 6.92 Å². The van der Waals surface area contributed by atoms with E-state index in [1.165, 1.54) is 4.90 Å². The zero-order valence-electron chi connectivity index (χ0n) is 14.8. The molecular weight excluding hydrogens is 362 g/mol. The number of carbonyl (C=O) groups excluding carboxylic acids is 2. The van der Waals surface area contributed by atoms with Crippen molar-refractivity contribution < 1.29 is 14.3 Å². The topological polar surface area (TPSA) is 46.6 Å². The lowest BCUT2D eigenvalue weighted by Crippen LogP contribution is -2.37. The van der Waals surface area contributed by atoms with E-state index in [0.717, 1.165) is 6.42 Å². The molecule has 0 N–H and O–H groups in total. The fourth-order valence-electron chi connectivity index (χ4n) is 4.85. The zero-order valence-corrected chi connectivity index (χ0v) is 15.5. The molecule has 0 spiro atoms. The van der Waals surface area contributed by atoms with E-state index >= 15 is 0 Å². The molecule has 5 rings (SSSR count).